The number of hydrogen-bond donors (Lipinski definition) is 0. The number of carbonyl (C=O) groups excluding carboxylic acids is 1. The molecule has 0 bridgehead atoms. The maximum Gasteiger partial charge on any atom is 0.460 e. The Morgan fingerprint density at radius 2 is 1.83 bits per heavy atom. The fourth-order valence-corrected chi connectivity index (χ4v) is 3.81. The van der Waals surface area contributed by atoms with E-state index in [9.17, 15) is 4.79 Å². The predicted octanol–water partition coefficient (Wildman–Crippen LogP) is 3.16. The molecule has 0 saturated heterocycles. The van der Waals surface area contributed by atoms with Gasteiger partial charge in [-0.3, -0.25) is 0 Å². The summed E-state index contributed by atoms with van der Waals surface area (Å²) in [6.07, 6.45) is 5.37. The van der Waals surface area contributed by atoms with Gasteiger partial charge in [-0.05, 0) is 18.2 Å². The maximum absolute atomic E-state index is 12.0. The van der Waals surface area contributed by atoms with Crippen LogP contribution in [0.5, 0.6) is 0 Å². The van der Waals surface area contributed by atoms with Crippen LogP contribution < -0.4 is 0 Å². The normalized spacial score (nSPS) is 24.3. The molecule has 5 heteroatoms. The Bertz CT molecular complexity index is 274. The van der Waals surface area contributed by atoms with E-state index in [-0.39, 0.29) is 7.12 Å². The Hall–Kier alpha value is -0.128. The van der Waals surface area contributed by atoms with Gasteiger partial charge < -0.3 is 14.1 Å². The van der Waals surface area contributed by atoms with Crippen molar-refractivity contribution in [1.29, 1.82) is 0 Å². The molecule has 0 aromatic heterocycles. The van der Waals surface area contributed by atoms with Gasteiger partial charge in [-0.2, -0.15) is 0 Å². The van der Waals surface area contributed by atoms with E-state index >= 15 is 0 Å². The SMILES string of the molecule is COB(OC)C1CCCC1CCC(=O)[Si](C)(C)C. The van der Waals surface area contributed by atoms with Gasteiger partial charge in [0.1, 0.15) is 13.5 Å². The summed E-state index contributed by atoms with van der Waals surface area (Å²) in [6, 6.07) is 0. The lowest BCUT2D eigenvalue weighted by atomic mass is 9.65. The molecule has 1 fully saturated rings. The molecule has 0 aromatic rings. The topological polar surface area (TPSA) is 35.5 Å². The quantitative estimate of drug-likeness (QED) is 0.667. The van der Waals surface area contributed by atoms with Crippen LogP contribution in [0.25, 0.3) is 0 Å². The molecule has 0 aliphatic heterocycles. The van der Waals surface area contributed by atoms with Gasteiger partial charge in [0, 0.05) is 20.6 Å². The van der Waals surface area contributed by atoms with Gasteiger partial charge in [-0.1, -0.05) is 38.9 Å². The summed E-state index contributed by atoms with van der Waals surface area (Å²) in [5.41, 5.74) is 0. The summed E-state index contributed by atoms with van der Waals surface area (Å²) in [7, 11) is 1.71. The Balaban J connectivity index is 2.48. The Labute approximate surface area is 113 Å². The smallest absolute Gasteiger partial charge is 0.414 e. The standard InChI is InChI=1S/C13H27BO3Si/c1-16-14(17-2)12-8-6-7-11(12)9-10-13(15)18(3,4)5/h11-12H,6-10H2,1-5H3. The zero-order valence-electron chi connectivity index (χ0n) is 12.5. The van der Waals surface area contributed by atoms with Crippen molar-refractivity contribution in [2.45, 2.75) is 57.6 Å². The molecule has 0 heterocycles. The molecule has 1 aliphatic rings. The van der Waals surface area contributed by atoms with Crippen molar-refractivity contribution in [3.8, 4) is 0 Å². The summed E-state index contributed by atoms with van der Waals surface area (Å²) >= 11 is 0. The fraction of sp³-hybridized carbons (Fsp3) is 0.923. The minimum absolute atomic E-state index is 0.0977. The lowest BCUT2D eigenvalue weighted by molar-refractivity contribution is -0.113. The van der Waals surface area contributed by atoms with Gasteiger partial charge in [0.15, 0.2) is 0 Å². The second kappa shape index (κ2) is 6.87. The van der Waals surface area contributed by atoms with Crippen LogP contribution in [0.3, 0.4) is 0 Å². The van der Waals surface area contributed by atoms with Gasteiger partial charge in [-0.15, -0.1) is 0 Å². The van der Waals surface area contributed by atoms with Crippen LogP contribution in [0, 0.1) is 5.92 Å². The molecular formula is C13H27BO3Si. The van der Waals surface area contributed by atoms with E-state index in [2.05, 4.69) is 19.6 Å². The average Bonchev–Trinajstić information content (AvgIpc) is 2.75. The highest BCUT2D eigenvalue weighted by Gasteiger charge is 2.38. The number of hydrogen-bond acceptors (Lipinski definition) is 3. The molecule has 0 spiro atoms. The first kappa shape index (κ1) is 15.9. The van der Waals surface area contributed by atoms with Gasteiger partial charge in [0.05, 0.1) is 0 Å². The first-order chi connectivity index (χ1) is 8.40. The Morgan fingerprint density at radius 1 is 1.22 bits per heavy atom. The average molecular weight is 270 g/mol. The van der Waals surface area contributed by atoms with Crippen LogP contribution in [-0.4, -0.2) is 34.8 Å². The highest BCUT2D eigenvalue weighted by atomic mass is 28.3. The minimum Gasteiger partial charge on any atom is -0.414 e. The largest absolute Gasteiger partial charge is 0.460 e. The molecule has 3 nitrogen and oxygen atoms in total. The third-order valence-corrected chi connectivity index (χ3v) is 6.03. The lowest BCUT2D eigenvalue weighted by Gasteiger charge is -2.23. The zero-order chi connectivity index (χ0) is 13.8. The van der Waals surface area contributed by atoms with E-state index in [1.165, 1.54) is 12.8 Å². The van der Waals surface area contributed by atoms with E-state index in [0.717, 1.165) is 19.3 Å². The van der Waals surface area contributed by atoms with Gasteiger partial charge in [0.25, 0.3) is 0 Å². The van der Waals surface area contributed by atoms with Crippen LogP contribution in [0.15, 0.2) is 0 Å². The third-order valence-electron chi connectivity index (χ3n) is 4.11. The van der Waals surface area contributed by atoms with Crippen molar-refractivity contribution in [1.82, 2.24) is 0 Å². The second-order valence-electron chi connectivity index (χ2n) is 6.41. The monoisotopic (exact) mass is 270 g/mol. The van der Waals surface area contributed by atoms with Crippen LogP contribution in [0.2, 0.25) is 25.5 Å². The molecule has 104 valence electrons. The van der Waals surface area contributed by atoms with E-state index < -0.39 is 8.07 Å². The highest BCUT2D eigenvalue weighted by Crippen LogP contribution is 2.41. The first-order valence-corrected chi connectivity index (χ1v) is 10.5. The molecule has 0 N–H and O–H groups in total. The van der Waals surface area contributed by atoms with Crippen molar-refractivity contribution >= 4 is 20.6 Å². The predicted molar refractivity (Wildman–Crippen MR) is 78.5 cm³/mol. The van der Waals surface area contributed by atoms with Gasteiger partial charge >= 0.3 is 7.12 Å². The fourth-order valence-electron chi connectivity index (χ4n) is 2.92. The summed E-state index contributed by atoms with van der Waals surface area (Å²) in [4.78, 5) is 12.0. The van der Waals surface area contributed by atoms with Crippen LogP contribution >= 0.6 is 0 Å². The van der Waals surface area contributed by atoms with Crippen LogP contribution in [-0.2, 0) is 14.1 Å². The van der Waals surface area contributed by atoms with E-state index in [1.807, 2.05) is 0 Å². The van der Waals surface area contributed by atoms with E-state index in [0.29, 0.717) is 17.1 Å². The summed E-state index contributed by atoms with van der Waals surface area (Å²) in [6.45, 7) is 6.40. The Kier molecular flexibility index (Phi) is 6.08. The number of rotatable bonds is 7. The van der Waals surface area contributed by atoms with Crippen LogP contribution in [0.4, 0.5) is 0 Å². The molecule has 0 radical (unpaired) electrons. The summed E-state index contributed by atoms with van der Waals surface area (Å²) in [5, 5.41) is 0.500. The van der Waals surface area contributed by atoms with Crippen molar-refractivity contribution < 1.29 is 14.1 Å². The second-order valence-corrected chi connectivity index (χ2v) is 11.5. The zero-order valence-corrected chi connectivity index (χ0v) is 13.5. The van der Waals surface area contributed by atoms with E-state index in [1.54, 1.807) is 14.2 Å². The number of carbonyl (C=O) groups is 1. The molecule has 0 amide bonds. The first-order valence-electron chi connectivity index (χ1n) is 6.99. The Morgan fingerprint density at radius 3 is 2.33 bits per heavy atom. The van der Waals surface area contributed by atoms with Crippen LogP contribution in [0.1, 0.15) is 32.1 Å². The van der Waals surface area contributed by atoms with E-state index in [4.69, 9.17) is 9.31 Å². The van der Waals surface area contributed by atoms with Gasteiger partial charge in [-0.25, -0.2) is 0 Å². The lowest BCUT2D eigenvalue weighted by Crippen LogP contribution is -2.34. The molecule has 2 unspecified atom stereocenters. The molecule has 18 heavy (non-hydrogen) atoms. The van der Waals surface area contributed by atoms with Gasteiger partial charge in [0.2, 0.25) is 0 Å². The van der Waals surface area contributed by atoms with Crippen molar-refractivity contribution in [2.75, 3.05) is 14.2 Å². The maximum atomic E-state index is 12.0. The summed E-state index contributed by atoms with van der Waals surface area (Å²) in [5.74, 6) is 1.06. The highest BCUT2D eigenvalue weighted by molar-refractivity contribution is 7.03. The molecule has 1 aliphatic carbocycles. The molecule has 0 aromatic carbocycles. The third kappa shape index (κ3) is 4.21. The summed E-state index contributed by atoms with van der Waals surface area (Å²) < 4.78 is 10.8. The molecule has 1 rings (SSSR count). The molecule has 1 saturated carbocycles. The van der Waals surface area contributed by atoms with Crippen molar-refractivity contribution in [3.05, 3.63) is 0 Å². The van der Waals surface area contributed by atoms with Crippen molar-refractivity contribution in [3.63, 3.8) is 0 Å². The molecular weight excluding hydrogens is 243 g/mol. The minimum atomic E-state index is -1.60. The molecule has 2 atom stereocenters. The van der Waals surface area contributed by atoms with Crippen molar-refractivity contribution in [2.24, 2.45) is 5.92 Å².